The maximum Gasteiger partial charge on any atom is 0.219 e. The van der Waals surface area contributed by atoms with Crippen LogP contribution < -0.4 is 5.73 Å². The van der Waals surface area contributed by atoms with E-state index in [4.69, 9.17) is 10.7 Å². The lowest BCUT2D eigenvalue weighted by atomic mass is 9.99. The molecule has 3 aromatic rings. The van der Waals surface area contributed by atoms with Crippen molar-refractivity contribution in [2.24, 2.45) is 4.99 Å². The second-order valence-corrected chi connectivity index (χ2v) is 6.79. The topological polar surface area (TPSA) is 100 Å². The number of nitrogens with zero attached hydrogens (tertiary/aromatic N) is 4. The molecule has 0 spiro atoms. The van der Waals surface area contributed by atoms with Crippen molar-refractivity contribution < 1.29 is 4.79 Å². The van der Waals surface area contributed by atoms with Gasteiger partial charge in [0.05, 0.1) is 17.3 Å². The lowest BCUT2D eigenvalue weighted by molar-refractivity contribution is -0.129. The molecular weight excluding hydrogens is 340 g/mol. The molecule has 1 amide bonds. The first kappa shape index (κ1) is 17.2. The summed E-state index contributed by atoms with van der Waals surface area (Å²) in [6.45, 7) is 6.22. The zero-order valence-electron chi connectivity index (χ0n) is 15.7. The highest BCUT2D eigenvalue weighted by Gasteiger charge is 2.28. The summed E-state index contributed by atoms with van der Waals surface area (Å²) in [5.41, 5.74) is 11.8. The van der Waals surface area contributed by atoms with E-state index in [1.807, 2.05) is 36.9 Å². The van der Waals surface area contributed by atoms with Gasteiger partial charge in [0.1, 0.15) is 11.5 Å². The molecule has 0 saturated heterocycles. The van der Waals surface area contributed by atoms with Crippen molar-refractivity contribution in [3.8, 4) is 11.3 Å². The predicted octanol–water partition coefficient (Wildman–Crippen LogP) is 3.09. The Morgan fingerprint density at radius 3 is 2.85 bits per heavy atom. The summed E-state index contributed by atoms with van der Waals surface area (Å²) in [4.78, 5) is 23.0. The quantitative estimate of drug-likeness (QED) is 0.745. The number of carbonyl (C=O) groups excluding carboxylic acids is 1. The fraction of sp³-hybridized carbons (Fsp3) is 0.300. The molecule has 1 aliphatic rings. The van der Waals surface area contributed by atoms with Crippen molar-refractivity contribution in [2.45, 2.75) is 33.2 Å². The van der Waals surface area contributed by atoms with Crippen LogP contribution in [0.2, 0.25) is 0 Å². The Bertz CT molecular complexity index is 1050. The van der Waals surface area contributed by atoms with Crippen LogP contribution in [0.25, 0.3) is 22.2 Å². The Labute approximate surface area is 157 Å². The van der Waals surface area contributed by atoms with Crippen LogP contribution in [0.1, 0.15) is 26.3 Å². The third-order valence-electron chi connectivity index (χ3n) is 5.21. The Morgan fingerprint density at radius 1 is 1.37 bits per heavy atom. The normalized spacial score (nSPS) is 14.1. The standard InChI is InChI=1S/C20H22N6O/c1-4-26(12(3)27)11(2)17-10-15-14-6-5-13(16-7-8-22-25-16)9-18(14)24-20(21)19(15)23-17/h5-9,11H,4,10H2,1-3H3,(H2,21,24)(H,22,25). The van der Waals surface area contributed by atoms with Gasteiger partial charge < -0.3 is 10.6 Å². The molecule has 0 aliphatic carbocycles. The van der Waals surface area contributed by atoms with Gasteiger partial charge in [0.15, 0.2) is 0 Å². The first-order valence-electron chi connectivity index (χ1n) is 9.06. The van der Waals surface area contributed by atoms with E-state index in [1.165, 1.54) is 0 Å². The fourth-order valence-electron chi connectivity index (χ4n) is 3.79. The first-order valence-corrected chi connectivity index (χ1v) is 9.06. The van der Waals surface area contributed by atoms with E-state index < -0.39 is 0 Å². The Morgan fingerprint density at radius 2 is 2.19 bits per heavy atom. The number of carbonyl (C=O) groups is 1. The average Bonchev–Trinajstić information content (AvgIpc) is 3.32. The molecule has 1 aliphatic heterocycles. The minimum absolute atomic E-state index is 0.0452. The molecule has 7 heteroatoms. The van der Waals surface area contributed by atoms with Crippen molar-refractivity contribution in [1.29, 1.82) is 0 Å². The van der Waals surface area contributed by atoms with Crippen LogP contribution in [0, 0.1) is 0 Å². The van der Waals surface area contributed by atoms with E-state index in [-0.39, 0.29) is 11.9 Å². The van der Waals surface area contributed by atoms with Crippen molar-refractivity contribution >= 4 is 34.0 Å². The number of anilines is 1. The average molecular weight is 362 g/mol. The largest absolute Gasteiger partial charge is 0.382 e. The second-order valence-electron chi connectivity index (χ2n) is 6.79. The molecule has 0 fully saturated rings. The summed E-state index contributed by atoms with van der Waals surface area (Å²) in [7, 11) is 0. The molecule has 138 valence electrons. The molecule has 3 heterocycles. The van der Waals surface area contributed by atoms with Gasteiger partial charge in [0.2, 0.25) is 5.91 Å². The molecule has 7 nitrogen and oxygen atoms in total. The number of amides is 1. The summed E-state index contributed by atoms with van der Waals surface area (Å²) < 4.78 is 0. The molecule has 0 radical (unpaired) electrons. The van der Waals surface area contributed by atoms with Crippen molar-refractivity contribution in [1.82, 2.24) is 20.1 Å². The molecule has 0 bridgehead atoms. The van der Waals surface area contributed by atoms with Crippen LogP contribution in [0.5, 0.6) is 0 Å². The summed E-state index contributed by atoms with van der Waals surface area (Å²) in [6, 6.07) is 7.96. The number of aliphatic imine (C=N–C) groups is 1. The number of aromatic nitrogens is 3. The number of fused-ring (bicyclic) bond motifs is 3. The number of nitrogen functional groups attached to an aromatic ring is 1. The van der Waals surface area contributed by atoms with E-state index in [9.17, 15) is 4.79 Å². The van der Waals surface area contributed by atoms with E-state index in [0.717, 1.165) is 39.1 Å². The van der Waals surface area contributed by atoms with E-state index in [0.29, 0.717) is 18.8 Å². The number of hydrogen-bond donors (Lipinski definition) is 2. The summed E-state index contributed by atoms with van der Waals surface area (Å²) in [6.07, 6.45) is 2.40. The maximum absolute atomic E-state index is 11.9. The fourth-order valence-corrected chi connectivity index (χ4v) is 3.79. The van der Waals surface area contributed by atoms with Crippen LogP contribution in [0.4, 0.5) is 11.5 Å². The number of hydrogen-bond acceptors (Lipinski definition) is 5. The molecule has 27 heavy (non-hydrogen) atoms. The first-order chi connectivity index (χ1) is 13.0. The molecule has 2 aromatic heterocycles. The third-order valence-corrected chi connectivity index (χ3v) is 5.21. The van der Waals surface area contributed by atoms with Gasteiger partial charge in [0.25, 0.3) is 0 Å². The van der Waals surface area contributed by atoms with Crippen LogP contribution in [-0.2, 0) is 11.2 Å². The van der Waals surface area contributed by atoms with Crippen molar-refractivity contribution in [2.75, 3.05) is 12.3 Å². The number of aromatic amines is 1. The van der Waals surface area contributed by atoms with Gasteiger partial charge in [-0.05, 0) is 31.5 Å². The van der Waals surface area contributed by atoms with Gasteiger partial charge in [-0.15, -0.1) is 0 Å². The number of benzene rings is 1. The summed E-state index contributed by atoms with van der Waals surface area (Å²) in [5, 5.41) is 8.01. The predicted molar refractivity (Wildman–Crippen MR) is 107 cm³/mol. The molecule has 3 N–H and O–H groups in total. The lowest BCUT2D eigenvalue weighted by Gasteiger charge is -2.26. The number of H-pyrrole nitrogens is 1. The van der Waals surface area contributed by atoms with Gasteiger partial charge in [-0.3, -0.25) is 14.9 Å². The highest BCUT2D eigenvalue weighted by Crippen LogP contribution is 2.38. The monoisotopic (exact) mass is 362 g/mol. The minimum atomic E-state index is -0.0707. The summed E-state index contributed by atoms with van der Waals surface area (Å²) >= 11 is 0. The SMILES string of the molecule is CCN(C(C)=O)C(C)C1=Nc2c(N)nc3cc(-c4ccn[nH]4)ccc3c2C1. The van der Waals surface area contributed by atoms with Gasteiger partial charge in [0, 0.05) is 42.7 Å². The molecular formula is C20H22N6O. The van der Waals surface area contributed by atoms with E-state index in [2.05, 4.69) is 21.2 Å². The molecule has 4 rings (SSSR count). The van der Waals surface area contributed by atoms with Crippen LogP contribution in [0.3, 0.4) is 0 Å². The Kier molecular flexibility index (Phi) is 4.14. The molecule has 1 atom stereocenters. The molecule has 1 aromatic carbocycles. The third kappa shape index (κ3) is 2.85. The van der Waals surface area contributed by atoms with Crippen LogP contribution in [-0.4, -0.2) is 44.3 Å². The van der Waals surface area contributed by atoms with Gasteiger partial charge >= 0.3 is 0 Å². The smallest absolute Gasteiger partial charge is 0.219 e. The zero-order chi connectivity index (χ0) is 19.1. The van der Waals surface area contributed by atoms with Crippen LogP contribution in [0.15, 0.2) is 35.5 Å². The van der Waals surface area contributed by atoms with Gasteiger partial charge in [-0.25, -0.2) is 4.98 Å². The van der Waals surface area contributed by atoms with Crippen LogP contribution >= 0.6 is 0 Å². The van der Waals surface area contributed by atoms with Crippen molar-refractivity contribution in [3.63, 3.8) is 0 Å². The van der Waals surface area contributed by atoms with Gasteiger partial charge in [-0.1, -0.05) is 12.1 Å². The second kappa shape index (κ2) is 6.50. The summed E-state index contributed by atoms with van der Waals surface area (Å²) in [5.74, 6) is 0.469. The minimum Gasteiger partial charge on any atom is -0.382 e. The lowest BCUT2D eigenvalue weighted by Crippen LogP contribution is -2.42. The Balaban J connectivity index is 1.74. The number of pyridine rings is 1. The Hall–Kier alpha value is -3.22. The number of nitrogens with two attached hydrogens (primary N) is 1. The zero-order valence-corrected chi connectivity index (χ0v) is 15.7. The van der Waals surface area contributed by atoms with E-state index in [1.54, 1.807) is 13.1 Å². The highest BCUT2D eigenvalue weighted by atomic mass is 16.2. The van der Waals surface area contributed by atoms with Crippen molar-refractivity contribution in [3.05, 3.63) is 36.0 Å². The molecule has 0 saturated carbocycles. The highest BCUT2D eigenvalue weighted by molar-refractivity contribution is 6.06. The van der Waals surface area contributed by atoms with Gasteiger partial charge in [-0.2, -0.15) is 5.10 Å². The maximum atomic E-state index is 11.9. The number of rotatable bonds is 4. The molecule has 1 unspecified atom stereocenters. The van der Waals surface area contributed by atoms with E-state index >= 15 is 0 Å². The number of nitrogens with one attached hydrogen (secondary N) is 1.